The fourth-order valence-electron chi connectivity index (χ4n) is 2.93. The predicted octanol–water partition coefficient (Wildman–Crippen LogP) is 3.48. The number of fused-ring (bicyclic) bond motifs is 1. The van der Waals surface area contributed by atoms with Crippen LogP contribution in [0.25, 0.3) is 17.0 Å². The third-order valence-electron chi connectivity index (χ3n) is 4.16. The van der Waals surface area contributed by atoms with Gasteiger partial charge in [0.25, 0.3) is 5.91 Å². The highest BCUT2D eigenvalue weighted by Gasteiger charge is 2.32. The highest BCUT2D eigenvalue weighted by molar-refractivity contribution is 8.26. The number of amides is 1. The number of thioether (sulfide) groups is 1. The number of rotatable bonds is 5. The molecule has 1 aliphatic rings. The number of thiocarbonyl (C=S) groups is 1. The van der Waals surface area contributed by atoms with Gasteiger partial charge in [-0.25, -0.2) is 0 Å². The number of carbonyl (C=O) groups excluding carboxylic acids is 1. The van der Waals surface area contributed by atoms with Crippen LogP contribution < -0.4 is 5.43 Å². The SMILES string of the molecule is Cc1cc(C)c2occ(/C=C3\SC(=S)N(CCCC(=O)O)C3=O)c(=O)c2c1. The summed E-state index contributed by atoms with van der Waals surface area (Å²) < 4.78 is 5.98. The summed E-state index contributed by atoms with van der Waals surface area (Å²) in [7, 11) is 0. The quantitative estimate of drug-likeness (QED) is 0.604. The molecule has 0 saturated carbocycles. The van der Waals surface area contributed by atoms with Gasteiger partial charge in [0.05, 0.1) is 15.9 Å². The monoisotopic (exact) mass is 403 g/mol. The molecule has 2 aromatic rings. The minimum Gasteiger partial charge on any atom is -0.481 e. The molecule has 0 aliphatic carbocycles. The second-order valence-electron chi connectivity index (χ2n) is 6.31. The molecule has 1 fully saturated rings. The molecule has 0 atom stereocenters. The summed E-state index contributed by atoms with van der Waals surface area (Å²) in [6.45, 7) is 4.01. The molecule has 8 heteroatoms. The van der Waals surface area contributed by atoms with Crippen molar-refractivity contribution in [3.63, 3.8) is 0 Å². The van der Waals surface area contributed by atoms with Crippen molar-refractivity contribution in [3.8, 4) is 0 Å². The van der Waals surface area contributed by atoms with E-state index in [1.165, 1.54) is 17.2 Å². The number of carboxylic acid groups (broad SMARTS) is 1. The molecule has 0 bridgehead atoms. The van der Waals surface area contributed by atoms with Gasteiger partial charge in [0.2, 0.25) is 0 Å². The maximum atomic E-state index is 12.8. The maximum Gasteiger partial charge on any atom is 0.303 e. The first-order valence-electron chi connectivity index (χ1n) is 8.28. The minimum absolute atomic E-state index is 0.0386. The summed E-state index contributed by atoms with van der Waals surface area (Å²) in [5, 5.41) is 9.19. The lowest BCUT2D eigenvalue weighted by Gasteiger charge is -2.13. The Labute approximate surface area is 164 Å². The van der Waals surface area contributed by atoms with Crippen LogP contribution in [0, 0.1) is 13.8 Å². The van der Waals surface area contributed by atoms with E-state index in [1.54, 1.807) is 6.07 Å². The van der Waals surface area contributed by atoms with Crippen LogP contribution in [-0.4, -0.2) is 32.7 Å². The van der Waals surface area contributed by atoms with Crippen molar-refractivity contribution in [1.29, 1.82) is 0 Å². The molecule has 0 spiro atoms. The molecule has 140 valence electrons. The Balaban J connectivity index is 1.92. The average Bonchev–Trinajstić information content (AvgIpc) is 2.85. The topological polar surface area (TPSA) is 87.8 Å². The van der Waals surface area contributed by atoms with E-state index in [0.29, 0.717) is 26.6 Å². The first kappa shape index (κ1) is 19.3. The number of hydrogen-bond acceptors (Lipinski definition) is 6. The molecule has 1 aromatic heterocycles. The second kappa shape index (κ2) is 7.66. The molecule has 3 rings (SSSR count). The van der Waals surface area contributed by atoms with Crippen LogP contribution in [0.3, 0.4) is 0 Å². The fourth-order valence-corrected chi connectivity index (χ4v) is 4.23. The molecule has 1 saturated heterocycles. The third-order valence-corrected chi connectivity index (χ3v) is 5.54. The van der Waals surface area contributed by atoms with Crippen LogP contribution in [0.5, 0.6) is 0 Å². The standard InChI is InChI=1S/C19H17NO5S2/c1-10-6-11(2)17-13(7-10)16(23)12(9-25-17)8-14-18(24)20(19(26)27-14)5-3-4-15(21)22/h6-9H,3-5H2,1-2H3,(H,21,22)/b14-8-. The molecule has 0 radical (unpaired) electrons. The minimum atomic E-state index is -0.921. The van der Waals surface area contributed by atoms with Gasteiger partial charge in [-0.1, -0.05) is 30.0 Å². The first-order valence-corrected chi connectivity index (χ1v) is 9.50. The average molecular weight is 403 g/mol. The molecule has 2 heterocycles. The second-order valence-corrected chi connectivity index (χ2v) is 7.99. The van der Waals surface area contributed by atoms with E-state index in [9.17, 15) is 14.4 Å². The van der Waals surface area contributed by atoms with E-state index >= 15 is 0 Å². The first-order chi connectivity index (χ1) is 12.8. The van der Waals surface area contributed by atoms with Crippen LogP contribution in [0.4, 0.5) is 0 Å². The lowest BCUT2D eigenvalue weighted by Crippen LogP contribution is -2.29. The van der Waals surface area contributed by atoms with Crippen LogP contribution in [0.2, 0.25) is 0 Å². The van der Waals surface area contributed by atoms with Crippen molar-refractivity contribution < 1.29 is 19.1 Å². The van der Waals surface area contributed by atoms with Crippen LogP contribution >= 0.6 is 24.0 Å². The molecular weight excluding hydrogens is 386 g/mol. The zero-order valence-corrected chi connectivity index (χ0v) is 16.4. The smallest absolute Gasteiger partial charge is 0.303 e. The normalized spacial score (nSPS) is 15.9. The van der Waals surface area contributed by atoms with Crippen LogP contribution in [0.15, 0.2) is 32.5 Å². The highest BCUT2D eigenvalue weighted by Crippen LogP contribution is 2.32. The molecule has 1 aromatic carbocycles. The van der Waals surface area contributed by atoms with Gasteiger partial charge in [-0.15, -0.1) is 0 Å². The van der Waals surface area contributed by atoms with E-state index in [-0.39, 0.29) is 29.9 Å². The lowest BCUT2D eigenvalue weighted by atomic mass is 10.1. The van der Waals surface area contributed by atoms with Crippen molar-refractivity contribution in [2.24, 2.45) is 0 Å². The number of aryl methyl sites for hydroxylation is 2. The molecule has 6 nitrogen and oxygen atoms in total. The van der Waals surface area contributed by atoms with E-state index in [2.05, 4.69) is 0 Å². The summed E-state index contributed by atoms with van der Waals surface area (Å²) in [6, 6.07) is 3.70. The van der Waals surface area contributed by atoms with Crippen molar-refractivity contribution in [2.45, 2.75) is 26.7 Å². The van der Waals surface area contributed by atoms with Gasteiger partial charge >= 0.3 is 5.97 Å². The lowest BCUT2D eigenvalue weighted by molar-refractivity contribution is -0.137. The number of benzene rings is 1. The zero-order valence-electron chi connectivity index (χ0n) is 14.8. The van der Waals surface area contributed by atoms with E-state index in [4.69, 9.17) is 21.7 Å². The van der Waals surface area contributed by atoms with Crippen LogP contribution in [0.1, 0.15) is 29.5 Å². The Kier molecular flexibility index (Phi) is 5.48. The molecule has 1 N–H and O–H groups in total. The molecule has 27 heavy (non-hydrogen) atoms. The zero-order chi connectivity index (χ0) is 19.7. The predicted molar refractivity (Wildman–Crippen MR) is 109 cm³/mol. The van der Waals surface area contributed by atoms with Gasteiger partial charge < -0.3 is 9.52 Å². The van der Waals surface area contributed by atoms with Crippen molar-refractivity contribution in [2.75, 3.05) is 6.54 Å². The summed E-state index contributed by atoms with van der Waals surface area (Å²) in [5.74, 6) is -1.24. The van der Waals surface area contributed by atoms with Gasteiger partial charge in [0.15, 0.2) is 5.43 Å². The number of carboxylic acids is 1. The Morgan fingerprint density at radius 1 is 1.33 bits per heavy atom. The van der Waals surface area contributed by atoms with E-state index in [0.717, 1.165) is 22.9 Å². The number of nitrogens with zero attached hydrogens (tertiary/aromatic N) is 1. The fraction of sp³-hybridized carbons (Fsp3) is 0.263. The van der Waals surface area contributed by atoms with Crippen LogP contribution in [-0.2, 0) is 9.59 Å². The highest BCUT2D eigenvalue weighted by atomic mass is 32.2. The molecule has 0 unspecified atom stereocenters. The molecular formula is C19H17NO5S2. The molecule has 1 aliphatic heterocycles. The summed E-state index contributed by atoms with van der Waals surface area (Å²) in [5.41, 5.74) is 2.43. The summed E-state index contributed by atoms with van der Waals surface area (Å²) in [6.07, 6.45) is 3.11. The molecule has 1 amide bonds. The Hall–Kier alpha value is -2.45. The maximum absolute atomic E-state index is 12.8. The number of aliphatic carboxylic acids is 1. The Morgan fingerprint density at radius 2 is 2.07 bits per heavy atom. The number of hydrogen-bond donors (Lipinski definition) is 1. The van der Waals surface area contributed by atoms with Gasteiger partial charge in [0, 0.05) is 13.0 Å². The van der Waals surface area contributed by atoms with E-state index in [1.807, 2.05) is 19.9 Å². The van der Waals surface area contributed by atoms with Crippen molar-refractivity contribution in [3.05, 3.63) is 50.2 Å². The van der Waals surface area contributed by atoms with Crippen molar-refractivity contribution >= 4 is 57.2 Å². The van der Waals surface area contributed by atoms with Gasteiger partial charge in [-0.3, -0.25) is 19.3 Å². The third kappa shape index (κ3) is 3.96. The number of carbonyl (C=O) groups is 2. The summed E-state index contributed by atoms with van der Waals surface area (Å²) in [4.78, 5) is 37.7. The van der Waals surface area contributed by atoms with Crippen molar-refractivity contribution in [1.82, 2.24) is 4.90 Å². The van der Waals surface area contributed by atoms with Gasteiger partial charge in [-0.2, -0.15) is 0 Å². The van der Waals surface area contributed by atoms with E-state index < -0.39 is 5.97 Å². The largest absolute Gasteiger partial charge is 0.481 e. The Morgan fingerprint density at radius 3 is 2.78 bits per heavy atom. The van der Waals surface area contributed by atoms with Gasteiger partial charge in [-0.05, 0) is 43.5 Å². The van der Waals surface area contributed by atoms with Gasteiger partial charge in [0.1, 0.15) is 16.2 Å². The summed E-state index contributed by atoms with van der Waals surface area (Å²) >= 11 is 6.31. The Bertz CT molecular complexity index is 1050.